The lowest BCUT2D eigenvalue weighted by atomic mass is 10.2. The van der Waals surface area contributed by atoms with Crippen LogP contribution in [0.2, 0.25) is 0 Å². The molecule has 0 saturated heterocycles. The molecule has 0 spiro atoms. The average Bonchev–Trinajstić information content (AvgIpc) is 1.80. The molecule has 0 aromatic carbocycles. The van der Waals surface area contributed by atoms with Gasteiger partial charge in [-0.15, -0.1) is 0 Å². The maximum atomic E-state index is 3.27. The van der Waals surface area contributed by atoms with E-state index in [4.69, 9.17) is 0 Å². The molecule has 0 aromatic rings. The molecule has 2 heteroatoms. The van der Waals surface area contributed by atoms with Crippen molar-refractivity contribution in [3.8, 4) is 0 Å². The zero-order valence-corrected chi connectivity index (χ0v) is 6.70. The second-order valence-corrected chi connectivity index (χ2v) is 2.63. The second-order valence-electron chi connectivity index (χ2n) is 2.63. The lowest BCUT2D eigenvalue weighted by molar-refractivity contribution is 0.521. The van der Waals surface area contributed by atoms with E-state index in [1.54, 1.807) is 0 Å². The zero-order chi connectivity index (χ0) is 7.11. The summed E-state index contributed by atoms with van der Waals surface area (Å²) in [6.45, 7) is 9.61. The highest BCUT2D eigenvalue weighted by Gasteiger charge is 1.89. The van der Waals surface area contributed by atoms with Gasteiger partial charge in [0.05, 0.1) is 0 Å². The van der Waals surface area contributed by atoms with Gasteiger partial charge in [0.25, 0.3) is 0 Å². The van der Waals surface area contributed by atoms with Crippen LogP contribution in [0.15, 0.2) is 0 Å². The van der Waals surface area contributed by atoms with Crippen LogP contribution in [0.25, 0.3) is 0 Å². The lowest BCUT2D eigenvalue weighted by Crippen LogP contribution is -2.31. The van der Waals surface area contributed by atoms with E-state index in [1.807, 2.05) is 0 Å². The van der Waals surface area contributed by atoms with Crippen LogP contribution in [0.5, 0.6) is 0 Å². The molecule has 2 nitrogen and oxygen atoms in total. The molecule has 0 heterocycles. The van der Waals surface area contributed by atoms with E-state index in [1.165, 1.54) is 0 Å². The predicted molar refractivity (Wildman–Crippen MR) is 41.4 cm³/mol. The molecule has 0 saturated carbocycles. The minimum absolute atomic E-state index is 0.753. The Morgan fingerprint density at radius 3 is 2.33 bits per heavy atom. The quantitative estimate of drug-likeness (QED) is 0.425. The maximum Gasteiger partial charge on any atom is 0.0454 e. The van der Waals surface area contributed by atoms with Crippen LogP contribution in [-0.2, 0) is 0 Å². The largest absolute Gasteiger partial charge is 0.305 e. The van der Waals surface area contributed by atoms with Gasteiger partial charge in [0, 0.05) is 6.67 Å². The van der Waals surface area contributed by atoms with Crippen molar-refractivity contribution in [3.63, 3.8) is 0 Å². The van der Waals surface area contributed by atoms with Gasteiger partial charge in [-0.1, -0.05) is 20.8 Å². The summed E-state index contributed by atoms with van der Waals surface area (Å²) in [6.07, 6.45) is 0. The Labute approximate surface area is 58.0 Å². The molecule has 0 rings (SSSR count). The first-order chi connectivity index (χ1) is 4.27. The maximum absolute atomic E-state index is 3.27. The van der Waals surface area contributed by atoms with Gasteiger partial charge < -0.3 is 10.6 Å². The van der Waals surface area contributed by atoms with Gasteiger partial charge in [0.2, 0.25) is 0 Å². The third kappa shape index (κ3) is 7.92. The van der Waals surface area contributed by atoms with Crippen LogP contribution in [0.3, 0.4) is 0 Å². The van der Waals surface area contributed by atoms with E-state index in [-0.39, 0.29) is 0 Å². The van der Waals surface area contributed by atoms with Crippen molar-refractivity contribution in [3.05, 3.63) is 0 Å². The first kappa shape index (κ1) is 8.92. The Morgan fingerprint density at radius 2 is 1.89 bits per heavy atom. The normalized spacial score (nSPS) is 10.7. The Kier molecular flexibility index (Phi) is 5.99. The smallest absolute Gasteiger partial charge is 0.0454 e. The standard InChI is InChI=1S/C7H18N2/c1-4-8-6-9-5-7(2)3/h7-9H,4-6H2,1-3H3. The fourth-order valence-electron chi connectivity index (χ4n) is 0.574. The van der Waals surface area contributed by atoms with Crippen molar-refractivity contribution >= 4 is 0 Å². The van der Waals surface area contributed by atoms with E-state index < -0.39 is 0 Å². The van der Waals surface area contributed by atoms with Gasteiger partial charge in [0.1, 0.15) is 0 Å². The van der Waals surface area contributed by atoms with E-state index >= 15 is 0 Å². The molecule has 0 atom stereocenters. The summed E-state index contributed by atoms with van der Waals surface area (Å²) < 4.78 is 0. The number of hydrogen-bond acceptors (Lipinski definition) is 2. The van der Waals surface area contributed by atoms with Gasteiger partial charge in [-0.3, -0.25) is 0 Å². The molecule has 0 radical (unpaired) electrons. The van der Waals surface area contributed by atoms with Crippen molar-refractivity contribution in [1.29, 1.82) is 0 Å². The van der Waals surface area contributed by atoms with Gasteiger partial charge in [0.15, 0.2) is 0 Å². The zero-order valence-electron chi connectivity index (χ0n) is 6.70. The molecular formula is C7H18N2. The minimum Gasteiger partial charge on any atom is -0.305 e. The monoisotopic (exact) mass is 130 g/mol. The van der Waals surface area contributed by atoms with Crippen molar-refractivity contribution in [2.75, 3.05) is 19.8 Å². The molecule has 0 aliphatic heterocycles. The fraction of sp³-hybridized carbons (Fsp3) is 1.00. The molecule has 0 unspecified atom stereocenters. The molecular weight excluding hydrogens is 112 g/mol. The summed E-state index contributed by atoms with van der Waals surface area (Å²) in [7, 11) is 0. The van der Waals surface area contributed by atoms with Crippen LogP contribution in [0, 0.1) is 5.92 Å². The third-order valence-electron chi connectivity index (χ3n) is 1.05. The van der Waals surface area contributed by atoms with Crippen LogP contribution in [0.4, 0.5) is 0 Å². The Hall–Kier alpha value is -0.0800. The third-order valence-corrected chi connectivity index (χ3v) is 1.05. The topological polar surface area (TPSA) is 24.1 Å². The van der Waals surface area contributed by atoms with E-state index in [0.29, 0.717) is 0 Å². The molecule has 0 amide bonds. The van der Waals surface area contributed by atoms with Crippen LogP contribution >= 0.6 is 0 Å². The molecule has 0 aromatic heterocycles. The van der Waals surface area contributed by atoms with Crippen molar-refractivity contribution in [2.24, 2.45) is 5.92 Å². The highest BCUT2D eigenvalue weighted by molar-refractivity contribution is 4.48. The molecule has 2 N–H and O–H groups in total. The van der Waals surface area contributed by atoms with E-state index in [9.17, 15) is 0 Å². The Balaban J connectivity index is 2.75. The Bertz CT molecular complexity index is 52.9. The molecule has 0 fully saturated rings. The number of rotatable bonds is 5. The number of nitrogens with one attached hydrogen (secondary N) is 2. The lowest BCUT2D eigenvalue weighted by Gasteiger charge is -2.06. The molecule has 0 aliphatic rings. The Morgan fingerprint density at radius 1 is 1.22 bits per heavy atom. The average molecular weight is 130 g/mol. The van der Waals surface area contributed by atoms with E-state index in [2.05, 4.69) is 31.4 Å². The fourth-order valence-corrected chi connectivity index (χ4v) is 0.574. The highest BCUT2D eigenvalue weighted by atomic mass is 15.0. The molecule has 9 heavy (non-hydrogen) atoms. The second kappa shape index (κ2) is 6.05. The van der Waals surface area contributed by atoms with Crippen molar-refractivity contribution in [1.82, 2.24) is 10.6 Å². The van der Waals surface area contributed by atoms with Crippen LogP contribution in [0.1, 0.15) is 20.8 Å². The molecule has 0 aliphatic carbocycles. The van der Waals surface area contributed by atoms with Gasteiger partial charge in [-0.25, -0.2) is 0 Å². The van der Waals surface area contributed by atoms with E-state index in [0.717, 1.165) is 25.7 Å². The van der Waals surface area contributed by atoms with Gasteiger partial charge >= 0.3 is 0 Å². The summed E-state index contributed by atoms with van der Waals surface area (Å²) in [5.41, 5.74) is 0. The summed E-state index contributed by atoms with van der Waals surface area (Å²) in [6, 6.07) is 0. The first-order valence-electron chi connectivity index (χ1n) is 3.68. The SMILES string of the molecule is CCNCNCC(C)C. The summed E-state index contributed by atoms with van der Waals surface area (Å²) >= 11 is 0. The summed E-state index contributed by atoms with van der Waals surface area (Å²) in [5, 5.41) is 6.47. The predicted octanol–water partition coefficient (Wildman–Crippen LogP) is 0.799. The minimum atomic E-state index is 0.753. The van der Waals surface area contributed by atoms with Crippen molar-refractivity contribution < 1.29 is 0 Å². The van der Waals surface area contributed by atoms with Gasteiger partial charge in [-0.05, 0) is 19.0 Å². The molecule has 0 bridgehead atoms. The number of hydrogen-bond donors (Lipinski definition) is 2. The summed E-state index contributed by atoms with van der Waals surface area (Å²) in [4.78, 5) is 0. The van der Waals surface area contributed by atoms with Crippen LogP contribution < -0.4 is 10.6 Å². The highest BCUT2D eigenvalue weighted by Crippen LogP contribution is 1.84. The molecule has 56 valence electrons. The van der Waals surface area contributed by atoms with Gasteiger partial charge in [-0.2, -0.15) is 0 Å². The van der Waals surface area contributed by atoms with Crippen molar-refractivity contribution in [2.45, 2.75) is 20.8 Å². The van der Waals surface area contributed by atoms with Crippen LogP contribution in [-0.4, -0.2) is 19.8 Å². The first-order valence-corrected chi connectivity index (χ1v) is 3.68. The summed E-state index contributed by atoms with van der Waals surface area (Å²) in [5.74, 6) is 0.753.